The maximum atomic E-state index is 8.59. The number of aromatic amines is 1. The van der Waals surface area contributed by atoms with Crippen molar-refractivity contribution in [2.24, 2.45) is 10.9 Å². The zero-order valence-electron chi connectivity index (χ0n) is 9.51. The second kappa shape index (κ2) is 5.09. The van der Waals surface area contributed by atoms with Crippen LogP contribution in [-0.4, -0.2) is 21.2 Å². The third-order valence-corrected chi connectivity index (χ3v) is 2.85. The smallest absolute Gasteiger partial charge is 0.238 e. The lowest BCUT2D eigenvalue weighted by atomic mass is 10.2. The summed E-state index contributed by atoms with van der Waals surface area (Å²) in [4.78, 5) is 0. The molecule has 18 heavy (non-hydrogen) atoms. The Kier molecular flexibility index (Phi) is 3.52. The van der Waals surface area contributed by atoms with Crippen molar-refractivity contribution in [3.05, 3.63) is 40.0 Å². The van der Waals surface area contributed by atoms with Gasteiger partial charge in [0.1, 0.15) is 5.75 Å². The monoisotopic (exact) mass is 310 g/mol. The second-order valence-corrected chi connectivity index (χ2v) is 4.48. The van der Waals surface area contributed by atoms with Gasteiger partial charge in [-0.25, -0.2) is 0 Å². The first-order valence-electron chi connectivity index (χ1n) is 5.07. The van der Waals surface area contributed by atoms with Crippen LogP contribution < -0.4 is 10.5 Å². The minimum absolute atomic E-state index is 0.0397. The van der Waals surface area contributed by atoms with Gasteiger partial charge in [-0.05, 0) is 41.1 Å². The number of oxime groups is 1. The summed E-state index contributed by atoms with van der Waals surface area (Å²) < 4.78 is 6.25. The zero-order chi connectivity index (χ0) is 13.1. The quantitative estimate of drug-likeness (QED) is 0.351. The summed E-state index contributed by atoms with van der Waals surface area (Å²) in [5, 5.41) is 18.3. The number of amidine groups is 1. The van der Waals surface area contributed by atoms with E-state index in [1.54, 1.807) is 24.3 Å². The molecule has 0 aliphatic rings. The summed E-state index contributed by atoms with van der Waals surface area (Å²) in [5.41, 5.74) is 6.99. The predicted octanol–water partition coefficient (Wildman–Crippen LogP) is 2.37. The van der Waals surface area contributed by atoms with Gasteiger partial charge in [-0.3, -0.25) is 5.10 Å². The van der Waals surface area contributed by atoms with Gasteiger partial charge < -0.3 is 15.7 Å². The van der Waals surface area contributed by atoms with E-state index in [1.165, 1.54) is 0 Å². The summed E-state index contributed by atoms with van der Waals surface area (Å²) in [7, 11) is 0. The molecular weight excluding hydrogens is 300 g/mol. The molecule has 1 aromatic heterocycles. The van der Waals surface area contributed by atoms with Crippen LogP contribution in [0.15, 0.2) is 33.9 Å². The van der Waals surface area contributed by atoms with E-state index in [9.17, 15) is 0 Å². The number of benzene rings is 1. The number of aromatic nitrogens is 2. The number of nitrogens with one attached hydrogen (secondary N) is 1. The molecule has 0 radical (unpaired) electrons. The Morgan fingerprint density at radius 2 is 2.28 bits per heavy atom. The highest BCUT2D eigenvalue weighted by molar-refractivity contribution is 9.10. The molecule has 2 rings (SSSR count). The van der Waals surface area contributed by atoms with Crippen LogP contribution in [0.2, 0.25) is 0 Å². The number of nitrogens with two attached hydrogens (primary N) is 1. The van der Waals surface area contributed by atoms with Gasteiger partial charge in [0.05, 0.1) is 4.47 Å². The molecule has 0 atom stereocenters. The molecule has 0 saturated carbocycles. The Bertz CT molecular complexity index is 594. The zero-order valence-corrected chi connectivity index (χ0v) is 11.1. The molecule has 0 amide bonds. The molecule has 2 aromatic rings. The van der Waals surface area contributed by atoms with Gasteiger partial charge in [0, 0.05) is 17.3 Å². The average molecular weight is 311 g/mol. The van der Waals surface area contributed by atoms with E-state index in [-0.39, 0.29) is 5.84 Å². The van der Waals surface area contributed by atoms with Crippen molar-refractivity contribution in [3.8, 4) is 11.6 Å². The van der Waals surface area contributed by atoms with E-state index in [0.29, 0.717) is 21.7 Å². The van der Waals surface area contributed by atoms with Crippen LogP contribution >= 0.6 is 15.9 Å². The van der Waals surface area contributed by atoms with Gasteiger partial charge in [-0.2, -0.15) is 0 Å². The molecule has 0 unspecified atom stereocenters. The summed E-state index contributed by atoms with van der Waals surface area (Å²) >= 11 is 3.35. The second-order valence-electron chi connectivity index (χ2n) is 3.62. The number of nitrogens with zero attached hydrogens (tertiary/aromatic N) is 2. The molecule has 1 heterocycles. The van der Waals surface area contributed by atoms with Crippen LogP contribution in [0.5, 0.6) is 11.6 Å². The molecule has 0 saturated heterocycles. The molecule has 94 valence electrons. The highest BCUT2D eigenvalue weighted by Gasteiger charge is 2.08. The van der Waals surface area contributed by atoms with Crippen LogP contribution in [-0.2, 0) is 0 Å². The summed E-state index contributed by atoms with van der Waals surface area (Å²) in [6.07, 6.45) is 0. The van der Waals surface area contributed by atoms with Gasteiger partial charge in [0.15, 0.2) is 5.84 Å². The van der Waals surface area contributed by atoms with E-state index in [4.69, 9.17) is 15.7 Å². The molecule has 0 bridgehead atoms. The van der Waals surface area contributed by atoms with Gasteiger partial charge in [-0.15, -0.1) is 5.10 Å². The van der Waals surface area contributed by atoms with Gasteiger partial charge in [0.2, 0.25) is 5.88 Å². The first-order valence-corrected chi connectivity index (χ1v) is 5.87. The molecule has 0 spiro atoms. The number of halogens is 1. The third-order valence-electron chi connectivity index (χ3n) is 2.23. The maximum Gasteiger partial charge on any atom is 0.238 e. The summed E-state index contributed by atoms with van der Waals surface area (Å²) in [6.45, 7) is 1.89. The number of aryl methyl sites for hydroxylation is 1. The first kappa shape index (κ1) is 12.4. The average Bonchev–Trinajstić information content (AvgIpc) is 2.76. The molecule has 0 fully saturated rings. The Morgan fingerprint density at radius 1 is 1.50 bits per heavy atom. The van der Waals surface area contributed by atoms with E-state index >= 15 is 0 Å². The predicted molar refractivity (Wildman–Crippen MR) is 70.1 cm³/mol. The lowest BCUT2D eigenvalue weighted by molar-refractivity contribution is 0.318. The SMILES string of the molecule is Cc1cc(Oc2ccc(/C(N)=N/O)cc2Br)n[nH]1. The molecule has 7 heteroatoms. The Labute approximate surface area is 112 Å². The molecule has 0 aliphatic carbocycles. The van der Waals surface area contributed by atoms with Gasteiger partial charge in [-0.1, -0.05) is 5.16 Å². The number of hydrogen-bond donors (Lipinski definition) is 3. The van der Waals surface area contributed by atoms with Gasteiger partial charge >= 0.3 is 0 Å². The van der Waals surface area contributed by atoms with Crippen molar-refractivity contribution in [3.63, 3.8) is 0 Å². The number of H-pyrrole nitrogens is 1. The molecule has 0 aliphatic heterocycles. The fourth-order valence-electron chi connectivity index (χ4n) is 1.36. The van der Waals surface area contributed by atoms with Crippen LogP contribution in [0, 0.1) is 6.92 Å². The number of ether oxygens (including phenoxy) is 1. The Hall–Kier alpha value is -2.02. The lowest BCUT2D eigenvalue weighted by Gasteiger charge is -2.06. The van der Waals surface area contributed by atoms with Crippen molar-refractivity contribution < 1.29 is 9.94 Å². The van der Waals surface area contributed by atoms with Crippen LogP contribution in [0.25, 0.3) is 0 Å². The topological polar surface area (TPSA) is 96.5 Å². The van der Waals surface area contributed by atoms with Crippen molar-refractivity contribution in [1.82, 2.24) is 10.2 Å². The lowest BCUT2D eigenvalue weighted by Crippen LogP contribution is -2.12. The van der Waals surface area contributed by atoms with Gasteiger partial charge in [0.25, 0.3) is 0 Å². The van der Waals surface area contributed by atoms with E-state index < -0.39 is 0 Å². The van der Waals surface area contributed by atoms with E-state index in [1.807, 2.05) is 6.92 Å². The van der Waals surface area contributed by atoms with Crippen molar-refractivity contribution in [2.45, 2.75) is 6.92 Å². The molecule has 6 nitrogen and oxygen atoms in total. The Morgan fingerprint density at radius 3 is 2.83 bits per heavy atom. The minimum atomic E-state index is 0.0397. The summed E-state index contributed by atoms with van der Waals surface area (Å²) in [5.74, 6) is 1.11. The number of rotatable bonds is 3. The van der Waals surface area contributed by atoms with Crippen LogP contribution in [0.4, 0.5) is 0 Å². The summed E-state index contributed by atoms with van der Waals surface area (Å²) in [6, 6.07) is 6.88. The fourth-order valence-corrected chi connectivity index (χ4v) is 1.82. The molecule has 1 aromatic carbocycles. The largest absolute Gasteiger partial charge is 0.436 e. The third kappa shape index (κ3) is 2.62. The van der Waals surface area contributed by atoms with Crippen LogP contribution in [0.1, 0.15) is 11.3 Å². The molecule has 4 N–H and O–H groups in total. The number of hydrogen-bond acceptors (Lipinski definition) is 4. The van der Waals surface area contributed by atoms with Crippen LogP contribution in [0.3, 0.4) is 0 Å². The maximum absolute atomic E-state index is 8.59. The first-order chi connectivity index (χ1) is 8.60. The highest BCUT2D eigenvalue weighted by Crippen LogP contribution is 2.29. The normalized spacial score (nSPS) is 11.6. The van der Waals surface area contributed by atoms with Crippen molar-refractivity contribution in [2.75, 3.05) is 0 Å². The minimum Gasteiger partial charge on any atom is -0.436 e. The highest BCUT2D eigenvalue weighted by atomic mass is 79.9. The van der Waals surface area contributed by atoms with E-state index in [0.717, 1.165) is 5.69 Å². The Balaban J connectivity index is 2.25. The van der Waals surface area contributed by atoms with E-state index in [2.05, 4.69) is 31.3 Å². The fraction of sp³-hybridized carbons (Fsp3) is 0.0909. The van der Waals surface area contributed by atoms with Crippen molar-refractivity contribution >= 4 is 21.8 Å². The standard InChI is InChI=1S/C11H11BrN4O2/c1-6-4-10(15-14-6)18-9-3-2-7(5-8(9)12)11(13)16-17/h2-5,17H,1H3,(H2,13,16)(H,14,15). The van der Waals surface area contributed by atoms with Crippen molar-refractivity contribution in [1.29, 1.82) is 0 Å². The molecular formula is C11H11BrN4O2.